The summed E-state index contributed by atoms with van der Waals surface area (Å²) in [7, 11) is -3.79. The predicted octanol–water partition coefficient (Wildman–Crippen LogP) is 3.00. The summed E-state index contributed by atoms with van der Waals surface area (Å²) < 4.78 is 40.0. The molecule has 1 aliphatic heterocycles. The highest BCUT2D eigenvalue weighted by molar-refractivity contribution is 7.89. The maximum absolute atomic E-state index is 13.3. The minimum Gasteiger partial charge on any atom is -0.334 e. The van der Waals surface area contributed by atoms with E-state index in [4.69, 9.17) is 11.6 Å². The van der Waals surface area contributed by atoms with Crippen LogP contribution in [0.2, 0.25) is 5.02 Å². The summed E-state index contributed by atoms with van der Waals surface area (Å²) in [6.07, 6.45) is 0. The fourth-order valence-electron chi connectivity index (χ4n) is 2.91. The molecule has 2 amide bonds. The number of urea groups is 1. The van der Waals surface area contributed by atoms with E-state index in [1.807, 2.05) is 31.2 Å². The molecule has 0 radical (unpaired) electrons. The molecule has 1 heterocycles. The number of sulfonamides is 1. The molecular weight excluding hydrogens is 405 g/mol. The van der Waals surface area contributed by atoms with Crippen LogP contribution in [0.3, 0.4) is 0 Å². The van der Waals surface area contributed by atoms with Gasteiger partial charge in [-0.05, 0) is 30.7 Å². The van der Waals surface area contributed by atoms with Crippen molar-refractivity contribution in [1.82, 2.24) is 14.5 Å². The van der Waals surface area contributed by atoms with Crippen LogP contribution >= 0.6 is 11.6 Å². The molecule has 0 saturated carbocycles. The van der Waals surface area contributed by atoms with E-state index in [9.17, 15) is 17.6 Å². The predicted molar refractivity (Wildman–Crippen MR) is 105 cm³/mol. The molecular formula is C19H21ClFN3O3S. The average Bonchev–Trinajstić information content (AvgIpc) is 2.69. The van der Waals surface area contributed by atoms with Gasteiger partial charge in [-0.2, -0.15) is 4.31 Å². The van der Waals surface area contributed by atoms with Gasteiger partial charge in [0.25, 0.3) is 0 Å². The lowest BCUT2D eigenvalue weighted by atomic mass is 10.1. The normalized spacial score (nSPS) is 15.5. The molecule has 2 aromatic carbocycles. The monoisotopic (exact) mass is 425 g/mol. The van der Waals surface area contributed by atoms with Crippen molar-refractivity contribution < 1.29 is 17.6 Å². The minimum absolute atomic E-state index is 0.0591. The second-order valence-corrected chi connectivity index (χ2v) is 8.96. The number of rotatable bonds is 4. The first-order chi connectivity index (χ1) is 13.3. The van der Waals surface area contributed by atoms with Gasteiger partial charge < -0.3 is 10.2 Å². The fraction of sp³-hybridized carbons (Fsp3) is 0.316. The van der Waals surface area contributed by atoms with E-state index in [1.165, 1.54) is 10.4 Å². The summed E-state index contributed by atoms with van der Waals surface area (Å²) in [5.41, 5.74) is 2.14. The number of benzene rings is 2. The van der Waals surface area contributed by atoms with E-state index >= 15 is 0 Å². The molecule has 0 bridgehead atoms. The van der Waals surface area contributed by atoms with Crippen molar-refractivity contribution in [1.29, 1.82) is 0 Å². The molecule has 0 spiro atoms. The van der Waals surface area contributed by atoms with Crippen LogP contribution < -0.4 is 5.32 Å². The Labute approximate surface area is 168 Å². The standard InChI is InChI=1S/C19H21ClFN3O3S/c1-14-2-4-15(5-3-14)13-22-19(25)23-8-10-24(11-9-23)28(26,27)16-6-7-18(21)17(20)12-16/h2-7,12H,8-11,13H2,1H3,(H,22,25). The van der Waals surface area contributed by atoms with E-state index < -0.39 is 15.8 Å². The van der Waals surface area contributed by atoms with E-state index in [2.05, 4.69) is 5.32 Å². The number of nitrogens with one attached hydrogen (secondary N) is 1. The van der Waals surface area contributed by atoms with Gasteiger partial charge in [-0.25, -0.2) is 17.6 Å². The molecule has 1 fully saturated rings. The van der Waals surface area contributed by atoms with Crippen LogP contribution in [0.4, 0.5) is 9.18 Å². The molecule has 2 aromatic rings. The van der Waals surface area contributed by atoms with Gasteiger partial charge in [0.1, 0.15) is 5.82 Å². The molecule has 1 N–H and O–H groups in total. The second kappa shape index (κ2) is 8.46. The van der Waals surface area contributed by atoms with Gasteiger partial charge in [0.05, 0.1) is 9.92 Å². The summed E-state index contributed by atoms with van der Waals surface area (Å²) in [6.45, 7) is 3.27. The SMILES string of the molecule is Cc1ccc(CNC(=O)N2CCN(S(=O)(=O)c3ccc(F)c(Cl)c3)CC2)cc1. The molecule has 0 atom stereocenters. The summed E-state index contributed by atoms with van der Waals surface area (Å²) >= 11 is 5.70. The van der Waals surface area contributed by atoms with Gasteiger partial charge in [-0.1, -0.05) is 41.4 Å². The Morgan fingerprint density at radius 2 is 1.75 bits per heavy atom. The largest absolute Gasteiger partial charge is 0.334 e. The van der Waals surface area contributed by atoms with Crippen LogP contribution in [-0.4, -0.2) is 49.8 Å². The molecule has 3 rings (SSSR count). The fourth-order valence-corrected chi connectivity index (χ4v) is 4.61. The molecule has 0 unspecified atom stereocenters. The Morgan fingerprint density at radius 3 is 2.36 bits per heavy atom. The van der Waals surface area contributed by atoms with Crippen molar-refractivity contribution in [2.75, 3.05) is 26.2 Å². The Morgan fingerprint density at radius 1 is 1.11 bits per heavy atom. The van der Waals surface area contributed by atoms with Gasteiger partial charge >= 0.3 is 6.03 Å². The Kier molecular flexibility index (Phi) is 6.22. The summed E-state index contributed by atoms with van der Waals surface area (Å²) in [5, 5.41) is 2.61. The average molecular weight is 426 g/mol. The number of carbonyl (C=O) groups excluding carboxylic acids is 1. The highest BCUT2D eigenvalue weighted by atomic mass is 35.5. The van der Waals surface area contributed by atoms with Crippen LogP contribution in [0.25, 0.3) is 0 Å². The third kappa shape index (κ3) is 4.63. The van der Waals surface area contributed by atoms with Crippen molar-refractivity contribution >= 4 is 27.7 Å². The number of nitrogens with zero attached hydrogens (tertiary/aromatic N) is 2. The lowest BCUT2D eigenvalue weighted by Crippen LogP contribution is -2.52. The smallest absolute Gasteiger partial charge is 0.317 e. The number of hydrogen-bond donors (Lipinski definition) is 1. The zero-order valence-electron chi connectivity index (χ0n) is 15.4. The molecule has 1 aliphatic rings. The first-order valence-electron chi connectivity index (χ1n) is 8.81. The number of halogens is 2. The van der Waals surface area contributed by atoms with Crippen LogP contribution in [0.5, 0.6) is 0 Å². The molecule has 1 saturated heterocycles. The van der Waals surface area contributed by atoms with Crippen LogP contribution in [0.15, 0.2) is 47.4 Å². The van der Waals surface area contributed by atoms with Crippen molar-refractivity contribution in [3.8, 4) is 0 Å². The topological polar surface area (TPSA) is 69.7 Å². The first kappa shape index (κ1) is 20.6. The maximum atomic E-state index is 13.3. The van der Waals surface area contributed by atoms with Crippen LogP contribution in [0, 0.1) is 12.7 Å². The minimum atomic E-state index is -3.79. The van der Waals surface area contributed by atoms with Gasteiger partial charge in [-0.3, -0.25) is 0 Å². The summed E-state index contributed by atoms with van der Waals surface area (Å²) in [6, 6.07) is 11.0. The highest BCUT2D eigenvalue weighted by Gasteiger charge is 2.30. The van der Waals surface area contributed by atoms with Crippen molar-refractivity contribution in [3.63, 3.8) is 0 Å². The molecule has 150 valence electrons. The summed E-state index contributed by atoms with van der Waals surface area (Å²) in [5.74, 6) is -0.671. The van der Waals surface area contributed by atoms with Crippen molar-refractivity contribution in [2.24, 2.45) is 0 Å². The third-order valence-corrected chi connectivity index (χ3v) is 6.80. The van der Waals surface area contributed by atoms with Gasteiger partial charge in [0.2, 0.25) is 10.0 Å². The third-order valence-electron chi connectivity index (χ3n) is 4.62. The van der Waals surface area contributed by atoms with Gasteiger partial charge in [0.15, 0.2) is 0 Å². The van der Waals surface area contributed by atoms with Crippen molar-refractivity contribution in [2.45, 2.75) is 18.4 Å². The van der Waals surface area contributed by atoms with E-state index in [0.717, 1.165) is 23.3 Å². The maximum Gasteiger partial charge on any atom is 0.317 e. The second-order valence-electron chi connectivity index (χ2n) is 6.61. The molecule has 28 heavy (non-hydrogen) atoms. The Hall–Kier alpha value is -2.16. The van der Waals surface area contributed by atoms with Gasteiger partial charge in [-0.15, -0.1) is 0 Å². The number of hydrogen-bond acceptors (Lipinski definition) is 3. The number of piperazine rings is 1. The quantitative estimate of drug-likeness (QED) is 0.818. The lowest BCUT2D eigenvalue weighted by Gasteiger charge is -2.34. The number of aryl methyl sites for hydroxylation is 1. The van der Waals surface area contributed by atoms with Crippen LogP contribution in [-0.2, 0) is 16.6 Å². The van der Waals surface area contributed by atoms with Crippen molar-refractivity contribution in [3.05, 3.63) is 64.4 Å². The molecule has 0 aliphatic carbocycles. The zero-order chi connectivity index (χ0) is 20.3. The lowest BCUT2D eigenvalue weighted by molar-refractivity contribution is 0.172. The summed E-state index contributed by atoms with van der Waals surface area (Å²) in [4.78, 5) is 13.9. The molecule has 6 nitrogen and oxygen atoms in total. The highest BCUT2D eigenvalue weighted by Crippen LogP contribution is 2.23. The van der Waals surface area contributed by atoms with Gasteiger partial charge in [0, 0.05) is 32.7 Å². The van der Waals surface area contributed by atoms with E-state index in [0.29, 0.717) is 6.54 Å². The number of carbonyl (C=O) groups is 1. The van der Waals surface area contributed by atoms with Crippen LogP contribution in [0.1, 0.15) is 11.1 Å². The number of amides is 2. The van der Waals surface area contributed by atoms with E-state index in [-0.39, 0.29) is 42.1 Å². The Balaban J connectivity index is 1.56. The van der Waals surface area contributed by atoms with E-state index in [1.54, 1.807) is 4.90 Å². The molecule has 0 aromatic heterocycles. The zero-order valence-corrected chi connectivity index (χ0v) is 16.9. The Bertz CT molecular complexity index is 959. The molecule has 9 heteroatoms. The first-order valence-corrected chi connectivity index (χ1v) is 10.6.